The first-order chi connectivity index (χ1) is 38.7. The van der Waals surface area contributed by atoms with Gasteiger partial charge in [-0.1, -0.05) is 82.9 Å². The molecule has 4 heterocycles. The van der Waals surface area contributed by atoms with Gasteiger partial charge in [0.05, 0.1) is 36.5 Å². The molecule has 20 atom stereocenters. The molecule has 6 aliphatic rings. The summed E-state index contributed by atoms with van der Waals surface area (Å²) in [6.07, 6.45) is -16.8. The van der Waals surface area contributed by atoms with Gasteiger partial charge in [-0.05, 0) is 69.7 Å². The topological polar surface area (TPSA) is 338 Å². The highest BCUT2D eigenvalue weighted by atomic mass is 16.8. The number of rotatable bonds is 25. The van der Waals surface area contributed by atoms with E-state index in [1.807, 2.05) is 20.8 Å². The van der Waals surface area contributed by atoms with Crippen LogP contribution in [0.1, 0.15) is 108 Å². The number of amides is 1. The SMILES string of the molecule is CCCCCC(=O)[C@H](CCC)OC1C(OC(=O)c2ccccc2)[C@H](OC23CC(C(=O)NCCO[C@H]4OC(CO)=C(O)C(OCc5cc6ccccc6oc5=O)C4O)CC(CC)C2C3OC2(C)OC(C)[C@@H](O)C(O)C2O)OC2C(O)C12O. The summed E-state index contributed by atoms with van der Waals surface area (Å²) in [7, 11) is 0. The van der Waals surface area contributed by atoms with Crippen LogP contribution < -0.4 is 10.9 Å². The second kappa shape index (κ2) is 25.1. The molecule has 9 rings (SSSR count). The maximum Gasteiger partial charge on any atom is 0.341 e. The molecular weight excluding hydrogens is 1060 g/mol. The number of para-hydroxylation sites is 1. The van der Waals surface area contributed by atoms with Crippen LogP contribution in [-0.2, 0) is 58.8 Å². The summed E-state index contributed by atoms with van der Waals surface area (Å²) in [4.78, 5) is 55.3. The van der Waals surface area contributed by atoms with Crippen LogP contribution in [0.5, 0.6) is 0 Å². The normalized spacial score (nSPS) is 37.4. The van der Waals surface area contributed by atoms with Crippen molar-refractivity contribution in [1.29, 1.82) is 0 Å². The van der Waals surface area contributed by atoms with E-state index in [2.05, 4.69) is 5.32 Å². The van der Waals surface area contributed by atoms with Crippen LogP contribution >= 0.6 is 0 Å². The first kappa shape index (κ1) is 60.6. The van der Waals surface area contributed by atoms with E-state index < -0.39 is 151 Å². The molecule has 3 saturated carbocycles. The van der Waals surface area contributed by atoms with Gasteiger partial charge in [0.1, 0.15) is 66.6 Å². The van der Waals surface area contributed by atoms with Gasteiger partial charge in [0.25, 0.3) is 0 Å². The van der Waals surface area contributed by atoms with Crippen molar-refractivity contribution in [3.8, 4) is 0 Å². The average Bonchev–Trinajstić information content (AvgIpc) is 3.47. The summed E-state index contributed by atoms with van der Waals surface area (Å²) in [6.45, 7) is 7.07. The number of aliphatic hydroxyl groups excluding tert-OH is 7. The lowest BCUT2D eigenvalue weighted by atomic mass is 9.78. The van der Waals surface area contributed by atoms with Crippen LogP contribution in [0.4, 0.5) is 0 Å². The molecule has 81 heavy (non-hydrogen) atoms. The monoisotopic (exact) mass is 1140 g/mol. The standard InChI is InChI=1S/C58H77NO22/c1-6-9-11-20-35(61)37(16-7-2)74-49-45(77-52(69)31-17-12-10-13-18-31)55(78-50-47(67)58(49,50)71)81-57-26-33(24-30(8-3)39(57)48(57)80-56(5)46(66)42(64)40(62)29(4)79-56)51(68)59-22-23-72-54-43(65)44(41(63)38(27-60)76-54)73-28-34-25-32-19-14-15-21-36(32)75-53(34)70/h10,12-15,17-19,21,25,29-30,33,37,39-40,42-50,54-55,60,62-67,71H,6-9,11,16,20,22-24,26-28H2,1-5H3,(H,59,68)/t29?,30?,33?,37-,39?,40+,42?,43?,44?,45?,46?,47?,48?,49?,50?,54-,55-,56?,57?,58?/m0/s1. The molecule has 3 aliphatic carbocycles. The third-order valence-electron chi connectivity index (χ3n) is 16.9. The zero-order valence-electron chi connectivity index (χ0n) is 46.1. The zero-order valence-corrected chi connectivity index (χ0v) is 46.1. The van der Waals surface area contributed by atoms with Crippen LogP contribution in [0.2, 0.25) is 0 Å². The van der Waals surface area contributed by atoms with E-state index in [0.717, 1.165) is 12.8 Å². The minimum Gasteiger partial charge on any atom is -0.506 e. The van der Waals surface area contributed by atoms with Crippen molar-refractivity contribution in [3.63, 3.8) is 0 Å². The van der Waals surface area contributed by atoms with Gasteiger partial charge in [0.15, 0.2) is 47.2 Å². The van der Waals surface area contributed by atoms with Crippen molar-refractivity contribution in [2.45, 2.75) is 202 Å². The molecule has 16 unspecified atom stereocenters. The van der Waals surface area contributed by atoms with Crippen molar-refractivity contribution in [1.82, 2.24) is 5.32 Å². The van der Waals surface area contributed by atoms with Crippen molar-refractivity contribution in [2.75, 3.05) is 19.8 Å². The average molecular weight is 1140 g/mol. The van der Waals surface area contributed by atoms with E-state index in [0.29, 0.717) is 30.2 Å². The summed E-state index contributed by atoms with van der Waals surface area (Å²) in [5, 5.41) is 92.5. The quantitative estimate of drug-likeness (QED) is 0.0334. The fourth-order valence-electron chi connectivity index (χ4n) is 12.3. The number of hydrogen-bond donors (Lipinski definition) is 9. The Morgan fingerprint density at radius 2 is 1.62 bits per heavy atom. The lowest BCUT2D eigenvalue weighted by Crippen LogP contribution is -2.64. The maximum absolute atomic E-state index is 14.5. The van der Waals surface area contributed by atoms with Gasteiger partial charge in [0, 0.05) is 30.2 Å². The van der Waals surface area contributed by atoms with E-state index in [4.69, 9.17) is 47.0 Å². The van der Waals surface area contributed by atoms with Crippen molar-refractivity contribution in [2.24, 2.45) is 17.8 Å². The van der Waals surface area contributed by atoms with Crippen LogP contribution in [0.3, 0.4) is 0 Å². The number of hydrogen-bond acceptors (Lipinski definition) is 22. The van der Waals surface area contributed by atoms with Crippen LogP contribution in [0.25, 0.3) is 11.0 Å². The molecule has 0 radical (unpaired) electrons. The Kier molecular flexibility index (Phi) is 18.8. The lowest BCUT2D eigenvalue weighted by molar-refractivity contribution is -0.361. The van der Waals surface area contributed by atoms with Gasteiger partial charge in [-0.3, -0.25) is 9.59 Å². The van der Waals surface area contributed by atoms with E-state index in [1.54, 1.807) is 48.5 Å². The number of esters is 1. The molecule has 446 valence electrons. The van der Waals surface area contributed by atoms with E-state index in [-0.39, 0.29) is 67.4 Å². The Morgan fingerprint density at radius 1 is 0.877 bits per heavy atom. The Bertz CT molecular complexity index is 2780. The van der Waals surface area contributed by atoms with Crippen LogP contribution in [0.15, 0.2) is 81.4 Å². The third-order valence-corrected chi connectivity index (χ3v) is 16.9. The van der Waals surface area contributed by atoms with Gasteiger partial charge in [-0.15, -0.1) is 0 Å². The maximum atomic E-state index is 14.5. The van der Waals surface area contributed by atoms with E-state index >= 15 is 0 Å². The Morgan fingerprint density at radius 3 is 2.33 bits per heavy atom. The summed E-state index contributed by atoms with van der Waals surface area (Å²) >= 11 is 0. The molecule has 2 aromatic carbocycles. The Balaban J connectivity index is 0.961. The predicted molar refractivity (Wildman–Crippen MR) is 281 cm³/mol. The Hall–Kier alpha value is -4.96. The van der Waals surface area contributed by atoms with E-state index in [1.165, 1.54) is 26.0 Å². The predicted octanol–water partition coefficient (Wildman–Crippen LogP) is 2.47. The van der Waals surface area contributed by atoms with Gasteiger partial charge < -0.3 is 93.2 Å². The molecule has 2 saturated heterocycles. The van der Waals surface area contributed by atoms with Crippen molar-refractivity contribution < 1.29 is 102 Å². The van der Waals surface area contributed by atoms with Crippen LogP contribution in [0, 0.1) is 17.8 Å². The molecule has 0 spiro atoms. The van der Waals surface area contributed by atoms with Gasteiger partial charge in [-0.25, -0.2) is 9.59 Å². The lowest BCUT2D eigenvalue weighted by Gasteiger charge is -2.46. The molecule has 5 fully saturated rings. The minimum absolute atomic E-state index is 0.0929. The fraction of sp³-hybridized carbons (Fsp3) is 0.655. The first-order valence-corrected chi connectivity index (χ1v) is 28.2. The number of unbranched alkanes of at least 4 members (excludes halogenated alkanes) is 2. The molecule has 9 N–H and O–H groups in total. The number of nitrogens with one attached hydrogen (secondary N) is 1. The number of ketones is 1. The minimum atomic E-state index is -2.16. The van der Waals surface area contributed by atoms with E-state index in [9.17, 15) is 60.0 Å². The molecule has 23 nitrogen and oxygen atoms in total. The molecule has 3 aromatic rings. The number of benzene rings is 2. The fourth-order valence-corrected chi connectivity index (χ4v) is 12.3. The van der Waals surface area contributed by atoms with Crippen molar-refractivity contribution in [3.05, 3.63) is 93.7 Å². The van der Waals surface area contributed by atoms with Gasteiger partial charge in [0.2, 0.25) is 12.2 Å². The van der Waals surface area contributed by atoms with Gasteiger partial charge in [-0.2, -0.15) is 0 Å². The second-order valence-electron chi connectivity index (χ2n) is 22.4. The summed E-state index contributed by atoms with van der Waals surface area (Å²) in [5.41, 5.74) is -3.83. The summed E-state index contributed by atoms with van der Waals surface area (Å²) in [6, 6.07) is 16.4. The first-order valence-electron chi connectivity index (χ1n) is 28.2. The molecule has 3 aliphatic heterocycles. The number of fused-ring (bicyclic) bond motifs is 3. The molecule has 1 amide bonds. The second-order valence-corrected chi connectivity index (χ2v) is 22.4. The van der Waals surface area contributed by atoms with Crippen molar-refractivity contribution >= 4 is 28.6 Å². The molecule has 23 heteroatoms. The highest BCUT2D eigenvalue weighted by Crippen LogP contribution is 2.65. The smallest absolute Gasteiger partial charge is 0.341 e. The largest absolute Gasteiger partial charge is 0.506 e. The number of carbonyl (C=O) groups is 3. The number of ether oxygens (including phenoxy) is 9. The number of Topliss-reactive ketones (excluding diaryl/α,β-unsaturated/α-hetero) is 1. The number of aliphatic hydroxyl groups is 8. The summed E-state index contributed by atoms with van der Waals surface area (Å²) < 4.78 is 61.7. The van der Waals surface area contributed by atoms with Gasteiger partial charge >= 0.3 is 11.6 Å². The molecular formula is C58H77NO22. The molecule has 1 aromatic heterocycles. The zero-order chi connectivity index (χ0) is 58.1. The number of carbonyl (C=O) groups excluding carboxylic acids is 3. The highest BCUT2D eigenvalue weighted by Gasteiger charge is 2.80. The van der Waals surface area contributed by atoms with Crippen LogP contribution in [-0.4, -0.2) is 181 Å². The Labute approximate surface area is 468 Å². The third kappa shape index (κ3) is 12.1. The summed E-state index contributed by atoms with van der Waals surface area (Å²) in [5.74, 6) is -6.29. The highest BCUT2D eigenvalue weighted by molar-refractivity contribution is 5.89. The molecule has 0 bridgehead atoms.